The van der Waals surface area contributed by atoms with Crippen LogP contribution >= 0.6 is 15.9 Å². The molecule has 0 aliphatic carbocycles. The lowest BCUT2D eigenvalue weighted by Gasteiger charge is -2.15. The van der Waals surface area contributed by atoms with E-state index in [-0.39, 0.29) is 6.04 Å². The van der Waals surface area contributed by atoms with Crippen molar-refractivity contribution < 1.29 is 0 Å². The minimum Gasteiger partial charge on any atom is -0.366 e. The van der Waals surface area contributed by atoms with E-state index in [1.165, 1.54) is 0 Å². The van der Waals surface area contributed by atoms with Crippen LogP contribution in [0, 0.1) is 18.3 Å². The molecular weight excluding hydrogens is 288 g/mol. The van der Waals surface area contributed by atoms with E-state index in [4.69, 9.17) is 0 Å². The van der Waals surface area contributed by atoms with Crippen LogP contribution in [0.3, 0.4) is 0 Å². The number of rotatable bonds is 3. The van der Waals surface area contributed by atoms with E-state index in [0.29, 0.717) is 0 Å². The molecule has 0 aliphatic heterocycles. The molecule has 18 heavy (non-hydrogen) atoms. The van der Waals surface area contributed by atoms with Crippen LogP contribution < -0.4 is 5.32 Å². The number of anilines is 1. The molecule has 0 aliphatic rings. The lowest BCUT2D eigenvalue weighted by Crippen LogP contribution is -2.09. The standard InChI is InChI=1S/C15H13BrN2/c1-11-5-2-3-8-14(11)15(10-17)18-13-7-4-6-12(16)9-13/h2-9,15,18H,1H3. The average molecular weight is 301 g/mol. The van der Waals surface area contributed by atoms with Crippen molar-refractivity contribution in [3.63, 3.8) is 0 Å². The van der Waals surface area contributed by atoms with Gasteiger partial charge < -0.3 is 5.32 Å². The Balaban J connectivity index is 2.26. The first kappa shape index (κ1) is 12.7. The quantitative estimate of drug-likeness (QED) is 0.910. The van der Waals surface area contributed by atoms with Crippen LogP contribution in [-0.2, 0) is 0 Å². The molecule has 0 bridgehead atoms. The summed E-state index contributed by atoms with van der Waals surface area (Å²) in [6.07, 6.45) is 0. The molecule has 0 amide bonds. The summed E-state index contributed by atoms with van der Waals surface area (Å²) >= 11 is 3.42. The lowest BCUT2D eigenvalue weighted by molar-refractivity contribution is 0.981. The van der Waals surface area contributed by atoms with Gasteiger partial charge in [-0.3, -0.25) is 0 Å². The predicted octanol–water partition coefficient (Wildman–Crippen LogP) is 4.43. The summed E-state index contributed by atoms with van der Waals surface area (Å²) in [5.74, 6) is 0. The van der Waals surface area contributed by atoms with Crippen LogP contribution in [-0.4, -0.2) is 0 Å². The second-order valence-corrected chi connectivity index (χ2v) is 4.99. The molecule has 2 rings (SSSR count). The number of benzene rings is 2. The van der Waals surface area contributed by atoms with E-state index in [2.05, 4.69) is 27.3 Å². The van der Waals surface area contributed by atoms with Crippen molar-refractivity contribution in [3.05, 3.63) is 64.1 Å². The third-order valence-electron chi connectivity index (χ3n) is 2.76. The van der Waals surface area contributed by atoms with E-state index in [1.807, 2.05) is 55.5 Å². The Bertz CT molecular complexity index is 587. The summed E-state index contributed by atoms with van der Waals surface area (Å²) in [5, 5.41) is 12.5. The molecule has 0 fully saturated rings. The lowest BCUT2D eigenvalue weighted by atomic mass is 10.0. The first-order valence-electron chi connectivity index (χ1n) is 5.68. The van der Waals surface area contributed by atoms with E-state index in [9.17, 15) is 5.26 Å². The van der Waals surface area contributed by atoms with Gasteiger partial charge in [0.25, 0.3) is 0 Å². The molecule has 1 atom stereocenters. The molecular formula is C15H13BrN2. The van der Waals surface area contributed by atoms with Crippen LogP contribution in [0.4, 0.5) is 5.69 Å². The van der Waals surface area contributed by atoms with Gasteiger partial charge in [-0.15, -0.1) is 0 Å². The summed E-state index contributed by atoms with van der Waals surface area (Å²) in [5.41, 5.74) is 3.06. The highest BCUT2D eigenvalue weighted by Gasteiger charge is 2.12. The number of nitrogens with zero attached hydrogens (tertiary/aromatic N) is 1. The second kappa shape index (κ2) is 5.70. The molecule has 0 radical (unpaired) electrons. The van der Waals surface area contributed by atoms with Gasteiger partial charge in [-0.1, -0.05) is 46.3 Å². The van der Waals surface area contributed by atoms with Gasteiger partial charge in [-0.25, -0.2) is 0 Å². The monoisotopic (exact) mass is 300 g/mol. The molecule has 90 valence electrons. The van der Waals surface area contributed by atoms with Crippen molar-refractivity contribution in [1.82, 2.24) is 0 Å². The van der Waals surface area contributed by atoms with Crippen molar-refractivity contribution in [2.45, 2.75) is 13.0 Å². The van der Waals surface area contributed by atoms with E-state index >= 15 is 0 Å². The van der Waals surface area contributed by atoms with Crippen LogP contribution in [0.2, 0.25) is 0 Å². The summed E-state index contributed by atoms with van der Waals surface area (Å²) < 4.78 is 0.994. The number of halogens is 1. The highest BCUT2D eigenvalue weighted by Crippen LogP contribution is 2.23. The van der Waals surface area contributed by atoms with Gasteiger partial charge in [-0.2, -0.15) is 5.26 Å². The Hall–Kier alpha value is -1.79. The van der Waals surface area contributed by atoms with Crippen molar-refractivity contribution in [2.75, 3.05) is 5.32 Å². The maximum absolute atomic E-state index is 9.31. The molecule has 0 aromatic heterocycles. The third kappa shape index (κ3) is 2.91. The summed E-state index contributed by atoms with van der Waals surface area (Å²) in [4.78, 5) is 0. The van der Waals surface area contributed by atoms with Crippen molar-refractivity contribution in [1.29, 1.82) is 5.26 Å². The molecule has 1 unspecified atom stereocenters. The van der Waals surface area contributed by atoms with Crippen LogP contribution in [0.15, 0.2) is 53.0 Å². The van der Waals surface area contributed by atoms with Crippen LogP contribution in [0.25, 0.3) is 0 Å². The van der Waals surface area contributed by atoms with Crippen LogP contribution in [0.1, 0.15) is 17.2 Å². The molecule has 0 spiro atoms. The molecule has 2 nitrogen and oxygen atoms in total. The Morgan fingerprint density at radius 2 is 1.94 bits per heavy atom. The zero-order valence-electron chi connectivity index (χ0n) is 10.0. The predicted molar refractivity (Wildman–Crippen MR) is 77.3 cm³/mol. The van der Waals surface area contributed by atoms with Gasteiger partial charge in [0, 0.05) is 10.2 Å². The zero-order chi connectivity index (χ0) is 13.0. The summed E-state index contributed by atoms with van der Waals surface area (Å²) in [7, 11) is 0. The number of aryl methyl sites for hydroxylation is 1. The van der Waals surface area contributed by atoms with Gasteiger partial charge in [-0.05, 0) is 36.2 Å². The van der Waals surface area contributed by atoms with Gasteiger partial charge in [0.05, 0.1) is 6.07 Å². The van der Waals surface area contributed by atoms with Crippen molar-refractivity contribution >= 4 is 21.6 Å². The van der Waals surface area contributed by atoms with Gasteiger partial charge in [0.2, 0.25) is 0 Å². The van der Waals surface area contributed by atoms with Gasteiger partial charge in [0.15, 0.2) is 0 Å². The second-order valence-electron chi connectivity index (χ2n) is 4.07. The maximum Gasteiger partial charge on any atom is 0.140 e. The van der Waals surface area contributed by atoms with Crippen molar-refractivity contribution in [2.24, 2.45) is 0 Å². The van der Waals surface area contributed by atoms with E-state index in [1.54, 1.807) is 0 Å². The minimum absolute atomic E-state index is 0.333. The normalized spacial score (nSPS) is 11.6. The highest BCUT2D eigenvalue weighted by atomic mass is 79.9. The van der Waals surface area contributed by atoms with Crippen LogP contribution in [0.5, 0.6) is 0 Å². The molecule has 0 heterocycles. The van der Waals surface area contributed by atoms with E-state index in [0.717, 1.165) is 21.3 Å². The first-order valence-corrected chi connectivity index (χ1v) is 6.47. The zero-order valence-corrected chi connectivity index (χ0v) is 11.6. The Labute approximate surface area is 115 Å². The number of nitrogens with one attached hydrogen (secondary N) is 1. The molecule has 1 N–H and O–H groups in total. The largest absolute Gasteiger partial charge is 0.366 e. The number of nitriles is 1. The van der Waals surface area contributed by atoms with Crippen molar-refractivity contribution in [3.8, 4) is 6.07 Å². The fourth-order valence-electron chi connectivity index (χ4n) is 1.84. The third-order valence-corrected chi connectivity index (χ3v) is 3.26. The Morgan fingerprint density at radius 1 is 1.17 bits per heavy atom. The Morgan fingerprint density at radius 3 is 2.61 bits per heavy atom. The molecule has 0 saturated heterocycles. The first-order chi connectivity index (χ1) is 8.70. The van der Waals surface area contributed by atoms with Gasteiger partial charge >= 0.3 is 0 Å². The summed E-state index contributed by atoms with van der Waals surface area (Å²) in [6, 6.07) is 17.7. The highest BCUT2D eigenvalue weighted by molar-refractivity contribution is 9.10. The fourth-order valence-corrected chi connectivity index (χ4v) is 2.23. The molecule has 0 saturated carbocycles. The molecule has 2 aromatic carbocycles. The van der Waals surface area contributed by atoms with E-state index < -0.39 is 0 Å². The maximum atomic E-state index is 9.31. The minimum atomic E-state index is -0.333. The molecule has 2 aromatic rings. The smallest absolute Gasteiger partial charge is 0.140 e. The average Bonchev–Trinajstić information content (AvgIpc) is 2.37. The fraction of sp³-hybridized carbons (Fsp3) is 0.133. The molecule has 3 heteroatoms. The van der Waals surface area contributed by atoms with Gasteiger partial charge in [0.1, 0.15) is 6.04 Å². The number of hydrogen-bond acceptors (Lipinski definition) is 2. The SMILES string of the molecule is Cc1ccccc1C(C#N)Nc1cccc(Br)c1. The topological polar surface area (TPSA) is 35.8 Å². The Kier molecular flexibility index (Phi) is 4.01. The summed E-state index contributed by atoms with van der Waals surface area (Å²) in [6.45, 7) is 2.02. The number of hydrogen-bond donors (Lipinski definition) is 1.